The Labute approximate surface area is 173 Å². The van der Waals surface area contributed by atoms with Gasteiger partial charge in [-0.1, -0.05) is 18.2 Å². The third kappa shape index (κ3) is 9.67. The number of guanidine groups is 1. The number of ether oxygens (including phenoxy) is 1. The van der Waals surface area contributed by atoms with Crippen molar-refractivity contribution >= 4 is 41.7 Å². The number of rotatable bonds is 11. The summed E-state index contributed by atoms with van der Waals surface area (Å²) in [7, 11) is 3.59. The maximum Gasteiger partial charge on any atom is 0.191 e. The summed E-state index contributed by atoms with van der Waals surface area (Å²) in [6.07, 6.45) is 2.65. The third-order valence-corrected chi connectivity index (χ3v) is 4.98. The number of aliphatic imine (C=N–C) groups is 1. The molecule has 0 spiro atoms. The Hall–Kier alpha value is -0.510. The van der Waals surface area contributed by atoms with Crippen molar-refractivity contribution in [1.29, 1.82) is 0 Å². The summed E-state index contributed by atoms with van der Waals surface area (Å²) in [5.74, 6) is 1.90. The normalized spacial score (nSPS) is 14.3. The molecule has 1 aliphatic carbocycles. The van der Waals surface area contributed by atoms with Crippen LogP contribution in [0.25, 0.3) is 0 Å². The van der Waals surface area contributed by atoms with Crippen molar-refractivity contribution in [2.24, 2.45) is 4.99 Å². The second-order valence-electron chi connectivity index (χ2n) is 5.85. The lowest BCUT2D eigenvalue weighted by Gasteiger charge is -2.22. The zero-order valence-electron chi connectivity index (χ0n) is 15.2. The fourth-order valence-corrected chi connectivity index (χ4v) is 3.31. The maximum absolute atomic E-state index is 5.20. The molecule has 0 unspecified atom stereocenters. The second-order valence-corrected chi connectivity index (χ2v) is 7.02. The van der Waals surface area contributed by atoms with Gasteiger partial charge in [0.15, 0.2) is 5.96 Å². The first-order valence-corrected chi connectivity index (χ1v) is 9.67. The third-order valence-electron chi connectivity index (χ3n) is 3.97. The van der Waals surface area contributed by atoms with Gasteiger partial charge in [0.2, 0.25) is 0 Å². The zero-order chi connectivity index (χ0) is 17.0. The molecule has 2 N–H and O–H groups in total. The van der Waals surface area contributed by atoms with Gasteiger partial charge in [-0.2, -0.15) is 0 Å². The van der Waals surface area contributed by atoms with E-state index in [2.05, 4.69) is 44.8 Å². The van der Waals surface area contributed by atoms with E-state index in [1.807, 2.05) is 24.9 Å². The molecule has 5 nitrogen and oxygen atoms in total. The number of nitrogens with one attached hydrogen (secondary N) is 2. The summed E-state index contributed by atoms with van der Waals surface area (Å²) in [5, 5.41) is 6.78. The van der Waals surface area contributed by atoms with Crippen molar-refractivity contribution in [2.45, 2.75) is 23.8 Å². The van der Waals surface area contributed by atoms with Crippen LogP contribution in [-0.2, 0) is 4.74 Å². The minimum absolute atomic E-state index is 0. The van der Waals surface area contributed by atoms with Crippen LogP contribution >= 0.6 is 35.7 Å². The smallest absolute Gasteiger partial charge is 0.191 e. The van der Waals surface area contributed by atoms with E-state index < -0.39 is 0 Å². The highest BCUT2D eigenvalue weighted by Gasteiger charge is 2.28. The highest BCUT2D eigenvalue weighted by molar-refractivity contribution is 14.0. The summed E-state index contributed by atoms with van der Waals surface area (Å²) < 4.78 is 5.20. The number of benzene rings is 1. The van der Waals surface area contributed by atoms with Crippen LogP contribution in [0.5, 0.6) is 0 Å². The summed E-state index contributed by atoms with van der Waals surface area (Å²) >= 11 is 1.86. The fourth-order valence-electron chi connectivity index (χ4n) is 2.52. The Kier molecular flexibility index (Phi) is 12.3. The van der Waals surface area contributed by atoms with Crippen LogP contribution in [0, 0.1) is 0 Å². The van der Waals surface area contributed by atoms with Crippen molar-refractivity contribution in [3.8, 4) is 0 Å². The largest absolute Gasteiger partial charge is 0.383 e. The number of hydrogen-bond acceptors (Lipinski definition) is 4. The molecule has 0 aromatic heterocycles. The predicted molar refractivity (Wildman–Crippen MR) is 118 cm³/mol. The quantitative estimate of drug-likeness (QED) is 0.168. The van der Waals surface area contributed by atoms with Gasteiger partial charge in [0.25, 0.3) is 0 Å². The second kappa shape index (κ2) is 13.7. The van der Waals surface area contributed by atoms with Crippen molar-refractivity contribution in [1.82, 2.24) is 15.5 Å². The lowest BCUT2D eigenvalue weighted by molar-refractivity contribution is 0.144. The van der Waals surface area contributed by atoms with Crippen LogP contribution < -0.4 is 10.6 Å². The van der Waals surface area contributed by atoms with E-state index in [0.717, 1.165) is 50.5 Å². The van der Waals surface area contributed by atoms with Gasteiger partial charge in [-0.15, -0.1) is 35.7 Å². The molecule has 2 rings (SSSR count). The van der Waals surface area contributed by atoms with Gasteiger partial charge in [-0.05, 0) is 25.0 Å². The van der Waals surface area contributed by atoms with E-state index >= 15 is 0 Å². The molecule has 0 atom stereocenters. The van der Waals surface area contributed by atoms with Gasteiger partial charge in [0.05, 0.1) is 6.61 Å². The minimum atomic E-state index is 0. The Morgan fingerprint density at radius 1 is 1.20 bits per heavy atom. The van der Waals surface area contributed by atoms with E-state index in [1.54, 1.807) is 7.11 Å². The van der Waals surface area contributed by atoms with Gasteiger partial charge in [0.1, 0.15) is 0 Å². The number of thioether (sulfide) groups is 1. The molecule has 1 aromatic carbocycles. The number of halogens is 1. The molecule has 0 radical (unpaired) electrons. The van der Waals surface area contributed by atoms with Crippen molar-refractivity contribution < 1.29 is 4.74 Å². The topological polar surface area (TPSA) is 48.9 Å². The number of nitrogens with zero attached hydrogens (tertiary/aromatic N) is 2. The average molecular weight is 478 g/mol. The van der Waals surface area contributed by atoms with Gasteiger partial charge in [-0.25, -0.2) is 0 Å². The summed E-state index contributed by atoms with van der Waals surface area (Å²) in [5.41, 5.74) is 0. The molecule has 142 valence electrons. The highest BCUT2D eigenvalue weighted by Crippen LogP contribution is 2.25. The summed E-state index contributed by atoms with van der Waals surface area (Å²) in [6.45, 7) is 4.66. The standard InChI is InChI=1S/C18H30N4OS.HI/c1-19-18(21-11-15-24-17-6-4-3-5-7-17)20-10-12-22(13-14-23-2)16-8-9-16;/h3-7,16H,8-15H2,1-2H3,(H2,19,20,21);1H. The molecular formula is C18H31IN4OS. The first-order valence-electron chi connectivity index (χ1n) is 8.69. The monoisotopic (exact) mass is 478 g/mol. The molecule has 1 fully saturated rings. The van der Waals surface area contributed by atoms with Crippen LogP contribution in [0.3, 0.4) is 0 Å². The maximum atomic E-state index is 5.20. The molecule has 0 aliphatic heterocycles. The van der Waals surface area contributed by atoms with Crippen LogP contribution in [0.15, 0.2) is 40.2 Å². The Morgan fingerprint density at radius 2 is 1.92 bits per heavy atom. The van der Waals surface area contributed by atoms with Crippen LogP contribution in [0.4, 0.5) is 0 Å². The van der Waals surface area contributed by atoms with E-state index in [0.29, 0.717) is 0 Å². The van der Waals surface area contributed by atoms with Crippen LogP contribution in [0.1, 0.15) is 12.8 Å². The van der Waals surface area contributed by atoms with Crippen LogP contribution in [0.2, 0.25) is 0 Å². The van der Waals surface area contributed by atoms with Crippen LogP contribution in [-0.4, -0.2) is 69.6 Å². The van der Waals surface area contributed by atoms with E-state index in [-0.39, 0.29) is 24.0 Å². The van der Waals surface area contributed by atoms with Crippen molar-refractivity contribution in [2.75, 3.05) is 52.7 Å². The number of methoxy groups -OCH3 is 1. The Balaban J connectivity index is 0.00000312. The first-order chi connectivity index (χ1) is 11.8. The molecule has 0 saturated heterocycles. The molecule has 0 heterocycles. The zero-order valence-corrected chi connectivity index (χ0v) is 18.4. The van der Waals surface area contributed by atoms with Gasteiger partial charge < -0.3 is 15.4 Å². The fraction of sp³-hybridized carbons (Fsp3) is 0.611. The van der Waals surface area contributed by atoms with Gasteiger partial charge >= 0.3 is 0 Å². The van der Waals surface area contributed by atoms with E-state index in [4.69, 9.17) is 4.74 Å². The molecular weight excluding hydrogens is 447 g/mol. The van der Waals surface area contributed by atoms with Crippen molar-refractivity contribution in [3.63, 3.8) is 0 Å². The van der Waals surface area contributed by atoms with Crippen molar-refractivity contribution in [3.05, 3.63) is 30.3 Å². The van der Waals surface area contributed by atoms with Gasteiger partial charge in [-0.3, -0.25) is 9.89 Å². The molecule has 1 saturated carbocycles. The van der Waals surface area contributed by atoms with Gasteiger partial charge in [0, 0.05) is 57.0 Å². The van der Waals surface area contributed by atoms with E-state index in [1.165, 1.54) is 17.7 Å². The molecule has 0 bridgehead atoms. The van der Waals surface area contributed by atoms with E-state index in [9.17, 15) is 0 Å². The Morgan fingerprint density at radius 3 is 2.56 bits per heavy atom. The lowest BCUT2D eigenvalue weighted by Crippen LogP contribution is -2.43. The highest BCUT2D eigenvalue weighted by atomic mass is 127. The number of hydrogen-bond donors (Lipinski definition) is 2. The average Bonchev–Trinajstić information content (AvgIpc) is 3.45. The SMILES string of the molecule is CN=C(NCCSc1ccccc1)NCCN(CCOC)C1CC1.I. The molecule has 1 aliphatic rings. The lowest BCUT2D eigenvalue weighted by atomic mass is 10.4. The Bertz CT molecular complexity index is 485. The molecule has 7 heteroatoms. The minimum Gasteiger partial charge on any atom is -0.383 e. The molecule has 1 aromatic rings. The predicted octanol–water partition coefficient (Wildman–Crippen LogP) is 2.67. The summed E-state index contributed by atoms with van der Waals surface area (Å²) in [4.78, 5) is 8.11. The molecule has 0 amide bonds. The molecule has 25 heavy (non-hydrogen) atoms. The first kappa shape index (κ1) is 22.5. The summed E-state index contributed by atoms with van der Waals surface area (Å²) in [6, 6.07) is 11.2.